The Balaban J connectivity index is 1.38. The Labute approximate surface area is 122 Å². The zero-order valence-corrected chi connectivity index (χ0v) is 12.7. The van der Waals surface area contributed by atoms with Gasteiger partial charge in [-0.25, -0.2) is 0 Å². The van der Waals surface area contributed by atoms with E-state index in [0.29, 0.717) is 17.5 Å². The van der Waals surface area contributed by atoms with Crippen LogP contribution in [0.2, 0.25) is 0 Å². The van der Waals surface area contributed by atoms with Crippen LogP contribution in [0.5, 0.6) is 0 Å². The fourth-order valence-corrected chi connectivity index (χ4v) is 6.07. The molecule has 5 rings (SSSR count). The van der Waals surface area contributed by atoms with Crippen LogP contribution in [-0.2, 0) is 4.79 Å². The van der Waals surface area contributed by atoms with E-state index < -0.39 is 0 Å². The molecule has 2 N–H and O–H groups in total. The molecule has 1 saturated heterocycles. The summed E-state index contributed by atoms with van der Waals surface area (Å²) in [5.41, 5.74) is 0.581. The molecule has 4 saturated carbocycles. The van der Waals surface area contributed by atoms with Crippen molar-refractivity contribution in [2.75, 3.05) is 6.54 Å². The molecule has 112 valence electrons. The van der Waals surface area contributed by atoms with Gasteiger partial charge in [-0.2, -0.15) is 0 Å². The molecule has 0 aromatic carbocycles. The molecule has 1 amide bonds. The highest BCUT2D eigenvalue weighted by molar-refractivity contribution is 5.78. The lowest BCUT2D eigenvalue weighted by atomic mass is 9.48. The van der Waals surface area contributed by atoms with Crippen molar-refractivity contribution in [3.05, 3.63) is 0 Å². The predicted octanol–water partition coefficient (Wildman–Crippen LogP) is 2.46. The second-order valence-electron chi connectivity index (χ2n) is 8.21. The first kappa shape index (κ1) is 13.1. The summed E-state index contributed by atoms with van der Waals surface area (Å²) in [6.07, 6.45) is 10.7. The van der Waals surface area contributed by atoms with Crippen LogP contribution < -0.4 is 10.6 Å². The largest absolute Gasteiger partial charge is 0.352 e. The molecule has 0 radical (unpaired) electrons. The van der Waals surface area contributed by atoms with Gasteiger partial charge < -0.3 is 10.6 Å². The summed E-state index contributed by atoms with van der Waals surface area (Å²) in [5, 5.41) is 6.87. The summed E-state index contributed by atoms with van der Waals surface area (Å²) < 4.78 is 0. The molecule has 0 aromatic heterocycles. The summed E-state index contributed by atoms with van der Waals surface area (Å²) in [6.45, 7) is 3.37. The third-order valence-electron chi connectivity index (χ3n) is 6.76. The van der Waals surface area contributed by atoms with E-state index in [1.807, 2.05) is 0 Å². The number of carbonyl (C=O) groups excluding carboxylic acids is 1. The second kappa shape index (κ2) is 4.72. The van der Waals surface area contributed by atoms with Crippen LogP contribution in [0.25, 0.3) is 0 Å². The van der Waals surface area contributed by atoms with E-state index in [2.05, 4.69) is 17.6 Å². The molecule has 5 fully saturated rings. The fraction of sp³-hybridized carbons (Fsp3) is 0.941. The first-order chi connectivity index (χ1) is 9.63. The third-order valence-corrected chi connectivity index (χ3v) is 6.76. The van der Waals surface area contributed by atoms with Crippen molar-refractivity contribution >= 4 is 5.91 Å². The first-order valence-electron chi connectivity index (χ1n) is 8.66. The normalized spacial score (nSPS) is 47.5. The Morgan fingerprint density at radius 3 is 2.30 bits per heavy atom. The van der Waals surface area contributed by atoms with Gasteiger partial charge in [-0.05, 0) is 75.0 Å². The van der Waals surface area contributed by atoms with Crippen LogP contribution in [0.15, 0.2) is 0 Å². The van der Waals surface area contributed by atoms with Crippen LogP contribution in [0, 0.1) is 23.2 Å². The minimum absolute atomic E-state index is 0.235. The van der Waals surface area contributed by atoms with Crippen LogP contribution in [0.1, 0.15) is 58.3 Å². The predicted molar refractivity (Wildman–Crippen MR) is 79.2 cm³/mol. The quantitative estimate of drug-likeness (QED) is 0.828. The maximum atomic E-state index is 11.3. The van der Waals surface area contributed by atoms with Crippen LogP contribution in [-0.4, -0.2) is 24.5 Å². The standard InChI is InChI=1S/C17H28N2O/c1-11(18-10-15-2-3-16(20)19-15)17-7-12-4-13(8-17)6-14(5-12)9-17/h11-15,18H,2-10H2,1H3,(H,19,20). The monoisotopic (exact) mass is 276 g/mol. The van der Waals surface area contributed by atoms with Gasteiger partial charge in [0, 0.05) is 25.0 Å². The highest BCUT2D eigenvalue weighted by Crippen LogP contribution is 2.61. The van der Waals surface area contributed by atoms with Crippen LogP contribution in [0.4, 0.5) is 0 Å². The summed E-state index contributed by atoms with van der Waals surface area (Å²) >= 11 is 0. The van der Waals surface area contributed by atoms with Crippen molar-refractivity contribution in [2.45, 2.75) is 70.4 Å². The average molecular weight is 276 g/mol. The zero-order chi connectivity index (χ0) is 13.7. The average Bonchev–Trinajstić information content (AvgIpc) is 2.80. The Bertz CT molecular complexity index is 371. The second-order valence-corrected chi connectivity index (χ2v) is 8.21. The van der Waals surface area contributed by atoms with Crippen molar-refractivity contribution < 1.29 is 4.79 Å². The zero-order valence-electron chi connectivity index (χ0n) is 12.7. The van der Waals surface area contributed by atoms with Gasteiger partial charge >= 0.3 is 0 Å². The molecule has 20 heavy (non-hydrogen) atoms. The maximum Gasteiger partial charge on any atom is 0.220 e. The third kappa shape index (κ3) is 2.18. The summed E-state index contributed by atoms with van der Waals surface area (Å²) in [7, 11) is 0. The molecule has 2 unspecified atom stereocenters. The summed E-state index contributed by atoms with van der Waals surface area (Å²) in [6, 6.07) is 0.993. The van der Waals surface area contributed by atoms with Crippen molar-refractivity contribution in [1.82, 2.24) is 10.6 Å². The topological polar surface area (TPSA) is 41.1 Å². The number of amides is 1. The van der Waals surface area contributed by atoms with E-state index in [9.17, 15) is 4.79 Å². The molecule has 0 aromatic rings. The molecular formula is C17H28N2O. The highest BCUT2D eigenvalue weighted by Gasteiger charge is 2.52. The van der Waals surface area contributed by atoms with Gasteiger partial charge in [0.15, 0.2) is 0 Å². The molecule has 1 heterocycles. The smallest absolute Gasteiger partial charge is 0.220 e. The highest BCUT2D eigenvalue weighted by atomic mass is 16.1. The van der Waals surface area contributed by atoms with E-state index in [-0.39, 0.29) is 5.91 Å². The first-order valence-corrected chi connectivity index (χ1v) is 8.66. The minimum atomic E-state index is 0.235. The lowest BCUT2D eigenvalue weighted by Crippen LogP contribution is -2.56. The van der Waals surface area contributed by atoms with E-state index >= 15 is 0 Å². The molecular weight excluding hydrogens is 248 g/mol. The minimum Gasteiger partial charge on any atom is -0.352 e. The van der Waals surface area contributed by atoms with Gasteiger partial charge in [-0.3, -0.25) is 4.79 Å². The molecule has 5 aliphatic rings. The van der Waals surface area contributed by atoms with E-state index in [0.717, 1.165) is 37.1 Å². The van der Waals surface area contributed by atoms with Gasteiger partial charge in [0.05, 0.1) is 0 Å². The fourth-order valence-electron chi connectivity index (χ4n) is 6.07. The number of rotatable bonds is 4. The lowest BCUT2D eigenvalue weighted by Gasteiger charge is -2.59. The van der Waals surface area contributed by atoms with Gasteiger partial charge in [0.2, 0.25) is 5.91 Å². The molecule has 3 nitrogen and oxygen atoms in total. The number of carbonyl (C=O) groups is 1. The molecule has 3 heteroatoms. The van der Waals surface area contributed by atoms with Gasteiger partial charge in [-0.1, -0.05) is 0 Å². The molecule has 0 spiro atoms. The summed E-state index contributed by atoms with van der Waals surface area (Å²) in [4.78, 5) is 11.3. The molecule has 4 bridgehead atoms. The Kier molecular flexibility index (Phi) is 3.10. The Hall–Kier alpha value is -0.570. The maximum absolute atomic E-state index is 11.3. The Morgan fingerprint density at radius 2 is 1.80 bits per heavy atom. The van der Waals surface area contributed by atoms with E-state index in [4.69, 9.17) is 0 Å². The number of hydrogen-bond acceptors (Lipinski definition) is 2. The van der Waals surface area contributed by atoms with Gasteiger partial charge in [0.25, 0.3) is 0 Å². The van der Waals surface area contributed by atoms with Crippen molar-refractivity contribution in [2.24, 2.45) is 23.2 Å². The van der Waals surface area contributed by atoms with Crippen LogP contribution >= 0.6 is 0 Å². The van der Waals surface area contributed by atoms with Crippen molar-refractivity contribution in [3.63, 3.8) is 0 Å². The SMILES string of the molecule is CC(NCC1CCC(=O)N1)C12CC3CC(CC(C3)C1)C2. The van der Waals surface area contributed by atoms with Crippen LogP contribution in [0.3, 0.4) is 0 Å². The van der Waals surface area contributed by atoms with E-state index in [1.165, 1.54) is 38.5 Å². The number of hydrogen-bond donors (Lipinski definition) is 2. The molecule has 1 aliphatic heterocycles. The van der Waals surface area contributed by atoms with Gasteiger partial charge in [-0.15, -0.1) is 0 Å². The molecule has 2 atom stereocenters. The van der Waals surface area contributed by atoms with E-state index in [1.54, 1.807) is 0 Å². The molecule has 4 aliphatic carbocycles. The lowest BCUT2D eigenvalue weighted by molar-refractivity contribution is -0.119. The number of nitrogens with one attached hydrogen (secondary N) is 2. The Morgan fingerprint density at radius 1 is 1.20 bits per heavy atom. The summed E-state index contributed by atoms with van der Waals surface area (Å²) in [5.74, 6) is 3.31. The van der Waals surface area contributed by atoms with Crippen molar-refractivity contribution in [3.8, 4) is 0 Å². The van der Waals surface area contributed by atoms with Crippen molar-refractivity contribution in [1.29, 1.82) is 0 Å². The van der Waals surface area contributed by atoms with Gasteiger partial charge in [0.1, 0.15) is 0 Å².